The Morgan fingerprint density at radius 3 is 2.62 bits per heavy atom. The van der Waals surface area contributed by atoms with Crippen LogP contribution in [0.1, 0.15) is 58.3 Å². The monoisotopic (exact) mass is 184 g/mol. The topological polar surface area (TPSA) is 20.2 Å². The van der Waals surface area contributed by atoms with Gasteiger partial charge in [-0.3, -0.25) is 0 Å². The highest BCUT2D eigenvalue weighted by Crippen LogP contribution is 2.31. The summed E-state index contributed by atoms with van der Waals surface area (Å²) in [5.74, 6) is 1.88. The molecular formula is C12H24O. The SMILES string of the molecule is CC1CCCCCC1CCCCO. The maximum atomic E-state index is 8.72. The summed E-state index contributed by atoms with van der Waals surface area (Å²) in [7, 11) is 0. The molecule has 1 heteroatoms. The van der Waals surface area contributed by atoms with E-state index in [0.29, 0.717) is 6.61 Å². The molecule has 1 aliphatic carbocycles. The first kappa shape index (κ1) is 11.0. The van der Waals surface area contributed by atoms with Gasteiger partial charge >= 0.3 is 0 Å². The van der Waals surface area contributed by atoms with Crippen molar-refractivity contribution in [2.24, 2.45) is 11.8 Å². The van der Waals surface area contributed by atoms with Crippen molar-refractivity contribution in [2.45, 2.75) is 58.3 Å². The minimum atomic E-state index is 0.376. The molecule has 2 atom stereocenters. The van der Waals surface area contributed by atoms with E-state index in [4.69, 9.17) is 5.11 Å². The summed E-state index contributed by atoms with van der Waals surface area (Å²) < 4.78 is 0. The van der Waals surface area contributed by atoms with Gasteiger partial charge in [0.1, 0.15) is 0 Å². The van der Waals surface area contributed by atoms with E-state index in [1.54, 1.807) is 0 Å². The van der Waals surface area contributed by atoms with Crippen LogP contribution in [0.25, 0.3) is 0 Å². The van der Waals surface area contributed by atoms with Gasteiger partial charge in [-0.15, -0.1) is 0 Å². The van der Waals surface area contributed by atoms with Crippen molar-refractivity contribution in [1.29, 1.82) is 0 Å². The maximum Gasteiger partial charge on any atom is 0.0431 e. The van der Waals surface area contributed by atoms with E-state index in [0.717, 1.165) is 18.3 Å². The second-order valence-corrected chi connectivity index (χ2v) is 4.59. The average Bonchev–Trinajstić information content (AvgIpc) is 2.32. The standard InChI is InChI=1S/C12H24O/c1-11-7-3-2-4-8-12(11)9-5-6-10-13/h11-13H,2-10H2,1H3. The highest BCUT2D eigenvalue weighted by molar-refractivity contribution is 4.70. The first-order chi connectivity index (χ1) is 6.34. The Balaban J connectivity index is 2.19. The van der Waals surface area contributed by atoms with Gasteiger partial charge in [0.15, 0.2) is 0 Å². The van der Waals surface area contributed by atoms with E-state index in [2.05, 4.69) is 6.92 Å². The Kier molecular flexibility index (Phi) is 5.45. The van der Waals surface area contributed by atoms with Crippen LogP contribution in [0.15, 0.2) is 0 Å². The summed E-state index contributed by atoms with van der Waals surface area (Å²) >= 11 is 0. The van der Waals surface area contributed by atoms with Gasteiger partial charge in [-0.05, 0) is 18.3 Å². The zero-order valence-corrected chi connectivity index (χ0v) is 8.97. The lowest BCUT2D eigenvalue weighted by molar-refractivity contribution is 0.260. The minimum absolute atomic E-state index is 0.376. The fraction of sp³-hybridized carbons (Fsp3) is 1.00. The molecule has 1 saturated carbocycles. The van der Waals surface area contributed by atoms with Crippen molar-refractivity contribution in [2.75, 3.05) is 6.61 Å². The van der Waals surface area contributed by atoms with Crippen molar-refractivity contribution in [1.82, 2.24) is 0 Å². The number of unbranched alkanes of at least 4 members (excludes halogenated alkanes) is 1. The molecule has 0 heterocycles. The molecule has 13 heavy (non-hydrogen) atoms. The van der Waals surface area contributed by atoms with E-state index in [1.165, 1.54) is 44.9 Å². The lowest BCUT2D eigenvalue weighted by Gasteiger charge is -2.20. The molecule has 1 N–H and O–H groups in total. The second-order valence-electron chi connectivity index (χ2n) is 4.59. The first-order valence-corrected chi connectivity index (χ1v) is 5.95. The normalized spacial score (nSPS) is 30.0. The third-order valence-corrected chi connectivity index (χ3v) is 3.52. The van der Waals surface area contributed by atoms with Crippen LogP contribution < -0.4 is 0 Å². The van der Waals surface area contributed by atoms with Crippen LogP contribution >= 0.6 is 0 Å². The molecule has 1 fully saturated rings. The molecule has 0 bridgehead atoms. The Hall–Kier alpha value is -0.0400. The number of hydrogen-bond donors (Lipinski definition) is 1. The summed E-state index contributed by atoms with van der Waals surface area (Å²) in [6, 6.07) is 0. The Labute approximate surface area is 82.5 Å². The molecule has 0 spiro atoms. The summed E-state index contributed by atoms with van der Waals surface area (Å²) in [4.78, 5) is 0. The molecule has 1 rings (SSSR count). The Morgan fingerprint density at radius 2 is 1.85 bits per heavy atom. The Bertz CT molecular complexity index is 122. The van der Waals surface area contributed by atoms with Gasteiger partial charge in [0.2, 0.25) is 0 Å². The van der Waals surface area contributed by atoms with E-state index in [9.17, 15) is 0 Å². The summed E-state index contributed by atoms with van der Waals surface area (Å²) in [5.41, 5.74) is 0. The van der Waals surface area contributed by atoms with Crippen LogP contribution in [0.2, 0.25) is 0 Å². The highest BCUT2D eigenvalue weighted by Gasteiger charge is 2.18. The van der Waals surface area contributed by atoms with Crippen molar-refractivity contribution in [3.8, 4) is 0 Å². The fourth-order valence-corrected chi connectivity index (χ4v) is 2.52. The van der Waals surface area contributed by atoms with Gasteiger partial charge in [-0.1, -0.05) is 51.9 Å². The van der Waals surface area contributed by atoms with E-state index < -0.39 is 0 Å². The molecule has 0 aromatic rings. The zero-order valence-electron chi connectivity index (χ0n) is 8.97. The smallest absolute Gasteiger partial charge is 0.0431 e. The molecule has 0 radical (unpaired) electrons. The molecule has 0 aromatic heterocycles. The molecular weight excluding hydrogens is 160 g/mol. The predicted octanol–water partition coefficient (Wildman–Crippen LogP) is 3.37. The number of aliphatic hydroxyl groups excluding tert-OH is 1. The third kappa shape index (κ3) is 4.12. The van der Waals surface area contributed by atoms with Gasteiger partial charge in [0.05, 0.1) is 0 Å². The first-order valence-electron chi connectivity index (χ1n) is 5.95. The van der Waals surface area contributed by atoms with Crippen LogP contribution in [0.4, 0.5) is 0 Å². The molecule has 78 valence electrons. The van der Waals surface area contributed by atoms with Crippen molar-refractivity contribution < 1.29 is 5.11 Å². The largest absolute Gasteiger partial charge is 0.396 e. The number of hydrogen-bond acceptors (Lipinski definition) is 1. The van der Waals surface area contributed by atoms with Crippen molar-refractivity contribution in [3.05, 3.63) is 0 Å². The predicted molar refractivity (Wildman–Crippen MR) is 56.7 cm³/mol. The minimum Gasteiger partial charge on any atom is -0.396 e. The molecule has 0 amide bonds. The van der Waals surface area contributed by atoms with Crippen LogP contribution in [0.5, 0.6) is 0 Å². The van der Waals surface area contributed by atoms with E-state index in [-0.39, 0.29) is 0 Å². The van der Waals surface area contributed by atoms with Crippen LogP contribution in [0, 0.1) is 11.8 Å². The number of rotatable bonds is 4. The van der Waals surface area contributed by atoms with Crippen LogP contribution in [-0.4, -0.2) is 11.7 Å². The summed E-state index contributed by atoms with van der Waals surface area (Å²) in [5, 5.41) is 8.72. The molecule has 0 aliphatic heterocycles. The summed E-state index contributed by atoms with van der Waals surface area (Å²) in [6.45, 7) is 2.79. The van der Waals surface area contributed by atoms with Gasteiger partial charge in [-0.25, -0.2) is 0 Å². The van der Waals surface area contributed by atoms with Crippen LogP contribution in [-0.2, 0) is 0 Å². The number of aliphatic hydroxyl groups is 1. The average molecular weight is 184 g/mol. The maximum absolute atomic E-state index is 8.72. The van der Waals surface area contributed by atoms with Crippen molar-refractivity contribution in [3.63, 3.8) is 0 Å². The molecule has 1 nitrogen and oxygen atoms in total. The second kappa shape index (κ2) is 6.42. The van der Waals surface area contributed by atoms with E-state index >= 15 is 0 Å². The zero-order chi connectivity index (χ0) is 9.52. The lowest BCUT2D eigenvalue weighted by Crippen LogP contribution is -2.10. The van der Waals surface area contributed by atoms with Crippen molar-refractivity contribution >= 4 is 0 Å². The fourth-order valence-electron chi connectivity index (χ4n) is 2.52. The molecule has 0 saturated heterocycles. The quantitative estimate of drug-likeness (QED) is 0.524. The van der Waals surface area contributed by atoms with E-state index in [1.807, 2.05) is 0 Å². The third-order valence-electron chi connectivity index (χ3n) is 3.52. The molecule has 2 unspecified atom stereocenters. The van der Waals surface area contributed by atoms with Gasteiger partial charge in [0, 0.05) is 6.61 Å². The molecule has 1 aliphatic rings. The Morgan fingerprint density at radius 1 is 1.08 bits per heavy atom. The van der Waals surface area contributed by atoms with Gasteiger partial charge < -0.3 is 5.11 Å². The van der Waals surface area contributed by atoms with Gasteiger partial charge in [-0.2, -0.15) is 0 Å². The summed E-state index contributed by atoms with van der Waals surface area (Å²) in [6.07, 6.45) is 10.8. The van der Waals surface area contributed by atoms with Gasteiger partial charge in [0.25, 0.3) is 0 Å². The van der Waals surface area contributed by atoms with Crippen LogP contribution in [0.3, 0.4) is 0 Å². The molecule has 0 aromatic carbocycles. The highest BCUT2D eigenvalue weighted by atomic mass is 16.2. The lowest BCUT2D eigenvalue weighted by atomic mass is 9.85.